The zero-order chi connectivity index (χ0) is 11.9. The van der Waals surface area contributed by atoms with Gasteiger partial charge in [0, 0.05) is 25.0 Å². The number of nitrogens with zero attached hydrogens (tertiary/aromatic N) is 1. The number of fused-ring (bicyclic) bond motifs is 1. The second-order valence-electron chi connectivity index (χ2n) is 4.89. The van der Waals surface area contributed by atoms with Crippen molar-refractivity contribution < 1.29 is 13.2 Å². The highest BCUT2D eigenvalue weighted by Crippen LogP contribution is 2.22. The summed E-state index contributed by atoms with van der Waals surface area (Å²) >= 11 is 0. The smallest absolute Gasteiger partial charge is 0.225 e. The Kier molecular flexibility index (Phi) is 2.96. The second-order valence-corrected chi connectivity index (χ2v) is 7.05. The number of amides is 1. The van der Waals surface area contributed by atoms with Gasteiger partial charge >= 0.3 is 0 Å². The minimum Gasteiger partial charge on any atom is -0.336 e. The molecule has 0 saturated carbocycles. The van der Waals surface area contributed by atoms with Gasteiger partial charge in [-0.05, 0) is 0 Å². The van der Waals surface area contributed by atoms with Gasteiger partial charge in [-0.2, -0.15) is 0 Å². The van der Waals surface area contributed by atoms with Crippen LogP contribution in [0.1, 0.15) is 13.8 Å². The third-order valence-electron chi connectivity index (χ3n) is 3.26. The molecule has 6 heteroatoms. The molecule has 0 aliphatic carbocycles. The molecular weight excluding hydrogens is 228 g/mol. The number of carbonyl (C=O) groups is 1. The summed E-state index contributed by atoms with van der Waals surface area (Å²) in [5.74, 6) is 0.276. The maximum Gasteiger partial charge on any atom is 0.225 e. The van der Waals surface area contributed by atoms with Crippen molar-refractivity contribution in [1.82, 2.24) is 10.2 Å². The van der Waals surface area contributed by atoms with E-state index >= 15 is 0 Å². The second kappa shape index (κ2) is 4.00. The van der Waals surface area contributed by atoms with Crippen LogP contribution in [-0.4, -0.2) is 55.9 Å². The molecule has 0 aromatic heterocycles. The predicted octanol–water partition coefficient (Wildman–Crippen LogP) is -0.760. The van der Waals surface area contributed by atoms with E-state index in [0.29, 0.717) is 13.1 Å². The van der Waals surface area contributed by atoms with Crippen LogP contribution in [0.15, 0.2) is 0 Å². The van der Waals surface area contributed by atoms with Gasteiger partial charge in [-0.1, -0.05) is 13.8 Å². The molecule has 1 amide bonds. The van der Waals surface area contributed by atoms with E-state index in [1.165, 1.54) is 0 Å². The Morgan fingerprint density at radius 3 is 2.69 bits per heavy atom. The van der Waals surface area contributed by atoms with E-state index in [9.17, 15) is 13.2 Å². The third-order valence-corrected chi connectivity index (χ3v) is 4.98. The van der Waals surface area contributed by atoms with E-state index in [4.69, 9.17) is 0 Å². The molecule has 2 aliphatic rings. The van der Waals surface area contributed by atoms with Crippen LogP contribution >= 0.6 is 0 Å². The van der Waals surface area contributed by atoms with Crippen LogP contribution in [0.2, 0.25) is 0 Å². The van der Waals surface area contributed by atoms with Crippen molar-refractivity contribution in [3.63, 3.8) is 0 Å². The van der Waals surface area contributed by atoms with Crippen molar-refractivity contribution in [3.8, 4) is 0 Å². The molecule has 0 spiro atoms. The fraction of sp³-hybridized carbons (Fsp3) is 0.900. The average Bonchev–Trinajstić information content (AvgIpc) is 2.49. The van der Waals surface area contributed by atoms with Gasteiger partial charge in [0.2, 0.25) is 5.91 Å². The van der Waals surface area contributed by atoms with E-state index < -0.39 is 9.84 Å². The normalized spacial score (nSPS) is 32.8. The molecule has 5 nitrogen and oxygen atoms in total. The molecule has 2 saturated heterocycles. The molecular formula is C10H18N2O3S. The summed E-state index contributed by atoms with van der Waals surface area (Å²) in [5, 5.41) is 3.19. The first kappa shape index (κ1) is 11.9. The van der Waals surface area contributed by atoms with E-state index in [0.717, 1.165) is 0 Å². The molecule has 2 heterocycles. The summed E-state index contributed by atoms with van der Waals surface area (Å²) in [6.45, 7) is 5.01. The lowest BCUT2D eigenvalue weighted by molar-refractivity contribution is -0.137. The molecule has 16 heavy (non-hydrogen) atoms. The van der Waals surface area contributed by atoms with Gasteiger partial charge in [0.1, 0.15) is 0 Å². The fourth-order valence-electron chi connectivity index (χ4n) is 2.47. The highest BCUT2D eigenvalue weighted by molar-refractivity contribution is 7.91. The molecule has 2 atom stereocenters. The number of sulfone groups is 1. The maximum atomic E-state index is 12.0. The lowest BCUT2D eigenvalue weighted by atomic mass is 10.0. The van der Waals surface area contributed by atoms with Crippen LogP contribution in [0.5, 0.6) is 0 Å². The van der Waals surface area contributed by atoms with Gasteiger partial charge in [0.15, 0.2) is 9.84 Å². The Balaban J connectivity index is 2.19. The fourth-order valence-corrected chi connectivity index (χ4v) is 4.43. The summed E-state index contributed by atoms with van der Waals surface area (Å²) in [6, 6.07) is -0.227. The van der Waals surface area contributed by atoms with Gasteiger partial charge < -0.3 is 10.2 Å². The van der Waals surface area contributed by atoms with E-state index in [-0.39, 0.29) is 35.4 Å². The van der Waals surface area contributed by atoms with Crippen molar-refractivity contribution in [2.75, 3.05) is 24.6 Å². The van der Waals surface area contributed by atoms with E-state index in [1.54, 1.807) is 4.90 Å². The van der Waals surface area contributed by atoms with Crippen LogP contribution < -0.4 is 5.32 Å². The van der Waals surface area contributed by atoms with Crippen LogP contribution in [0, 0.1) is 5.92 Å². The molecule has 92 valence electrons. The largest absolute Gasteiger partial charge is 0.336 e. The predicted molar refractivity (Wildman–Crippen MR) is 60.8 cm³/mol. The summed E-state index contributed by atoms with van der Waals surface area (Å²) < 4.78 is 23.1. The van der Waals surface area contributed by atoms with Crippen molar-refractivity contribution in [3.05, 3.63) is 0 Å². The Bertz CT molecular complexity index is 391. The summed E-state index contributed by atoms with van der Waals surface area (Å²) in [7, 11) is -2.98. The molecule has 0 unspecified atom stereocenters. The SMILES string of the molecule is CC(C)C(=O)N1CCN[C@H]2CS(=O)(=O)C[C@@H]21. The molecule has 2 aliphatic heterocycles. The summed E-state index contributed by atoms with van der Waals surface area (Å²) in [4.78, 5) is 13.7. The van der Waals surface area contributed by atoms with Gasteiger partial charge in [-0.25, -0.2) is 8.42 Å². The van der Waals surface area contributed by atoms with Crippen LogP contribution in [-0.2, 0) is 14.6 Å². The summed E-state index contributed by atoms with van der Waals surface area (Å²) in [5.41, 5.74) is 0. The third kappa shape index (κ3) is 2.08. The first-order valence-electron chi connectivity index (χ1n) is 5.65. The first-order chi connectivity index (χ1) is 7.41. The van der Waals surface area contributed by atoms with Crippen LogP contribution in [0.4, 0.5) is 0 Å². The van der Waals surface area contributed by atoms with Gasteiger partial charge in [-0.3, -0.25) is 4.79 Å². The Morgan fingerprint density at radius 2 is 2.06 bits per heavy atom. The van der Waals surface area contributed by atoms with Crippen molar-refractivity contribution in [1.29, 1.82) is 0 Å². The highest BCUT2D eigenvalue weighted by atomic mass is 32.2. The minimum atomic E-state index is -2.98. The number of carbonyl (C=O) groups excluding carboxylic acids is 1. The molecule has 2 fully saturated rings. The average molecular weight is 246 g/mol. The Morgan fingerprint density at radius 1 is 1.38 bits per heavy atom. The zero-order valence-corrected chi connectivity index (χ0v) is 10.5. The minimum absolute atomic E-state index is 0.0635. The molecule has 0 bridgehead atoms. The number of rotatable bonds is 1. The Labute approximate surface area is 96.1 Å². The lowest BCUT2D eigenvalue weighted by Crippen LogP contribution is -2.59. The number of hydrogen-bond acceptors (Lipinski definition) is 4. The Hall–Kier alpha value is -0.620. The number of hydrogen-bond donors (Lipinski definition) is 1. The van der Waals surface area contributed by atoms with Crippen molar-refractivity contribution in [2.45, 2.75) is 25.9 Å². The summed E-state index contributed by atoms with van der Waals surface area (Å²) in [6.07, 6.45) is 0. The highest BCUT2D eigenvalue weighted by Gasteiger charge is 2.44. The van der Waals surface area contributed by atoms with Gasteiger partial charge in [-0.15, -0.1) is 0 Å². The van der Waals surface area contributed by atoms with Crippen molar-refractivity contribution >= 4 is 15.7 Å². The lowest BCUT2D eigenvalue weighted by Gasteiger charge is -2.38. The van der Waals surface area contributed by atoms with Crippen LogP contribution in [0.25, 0.3) is 0 Å². The maximum absolute atomic E-state index is 12.0. The van der Waals surface area contributed by atoms with Crippen LogP contribution in [0.3, 0.4) is 0 Å². The zero-order valence-electron chi connectivity index (χ0n) is 9.64. The topological polar surface area (TPSA) is 66.5 Å². The van der Waals surface area contributed by atoms with Crippen molar-refractivity contribution in [2.24, 2.45) is 5.92 Å². The number of nitrogens with one attached hydrogen (secondary N) is 1. The molecule has 2 rings (SSSR count). The van der Waals surface area contributed by atoms with Gasteiger partial charge in [0.25, 0.3) is 0 Å². The molecule has 0 aromatic carbocycles. The molecule has 0 radical (unpaired) electrons. The first-order valence-corrected chi connectivity index (χ1v) is 7.47. The quantitative estimate of drug-likeness (QED) is 0.660. The molecule has 1 N–H and O–H groups in total. The van der Waals surface area contributed by atoms with E-state index in [2.05, 4.69) is 5.32 Å². The van der Waals surface area contributed by atoms with E-state index in [1.807, 2.05) is 13.8 Å². The van der Waals surface area contributed by atoms with Gasteiger partial charge in [0.05, 0.1) is 17.5 Å². The standard InChI is InChI=1S/C10H18N2O3S/c1-7(2)10(13)12-4-3-11-8-5-16(14,15)6-9(8)12/h7-9,11H,3-6H2,1-2H3/t8-,9-/m0/s1. The monoisotopic (exact) mass is 246 g/mol. The molecule has 0 aromatic rings. The number of piperazine rings is 1.